The summed E-state index contributed by atoms with van der Waals surface area (Å²) in [6.45, 7) is 1.98. The molecule has 3 aromatic rings. The number of nitriles is 1. The van der Waals surface area contributed by atoms with E-state index in [2.05, 4.69) is 19.5 Å². The molecule has 0 bridgehead atoms. The van der Waals surface area contributed by atoms with Crippen LogP contribution in [0, 0.1) is 24.1 Å². The van der Waals surface area contributed by atoms with E-state index in [0.717, 1.165) is 38.6 Å². The van der Waals surface area contributed by atoms with Gasteiger partial charge in [-0.1, -0.05) is 6.07 Å². The van der Waals surface area contributed by atoms with Gasteiger partial charge in [0.1, 0.15) is 5.82 Å². The molecule has 2 amide bonds. The highest BCUT2D eigenvalue weighted by molar-refractivity contribution is 7.28. The second-order valence-corrected chi connectivity index (χ2v) is 7.42. The molecule has 0 radical (unpaired) electrons. The van der Waals surface area contributed by atoms with Gasteiger partial charge in [0.05, 0.1) is 11.6 Å². The number of H-pyrrole nitrogens is 1. The number of benzene rings is 2. The Balaban J connectivity index is 1.98. The van der Waals surface area contributed by atoms with Gasteiger partial charge >= 0.3 is 0 Å². The zero-order valence-corrected chi connectivity index (χ0v) is 16.9. The second-order valence-electron chi connectivity index (χ2n) is 6.79. The maximum Gasteiger partial charge on any atom is 0.254 e. The highest BCUT2D eigenvalue weighted by Crippen LogP contribution is 2.32. The van der Waals surface area contributed by atoms with Crippen molar-refractivity contribution in [2.75, 3.05) is 0 Å². The lowest BCUT2D eigenvalue weighted by Gasteiger charge is -2.09. The first kappa shape index (κ1) is 20.5. The lowest BCUT2D eigenvalue weighted by Crippen LogP contribution is -2.43. The number of aromatic amines is 1. The summed E-state index contributed by atoms with van der Waals surface area (Å²) in [5, 5.41) is 13.2. The average molecular weight is 410 g/mol. The minimum atomic E-state index is -1.36. The summed E-state index contributed by atoms with van der Waals surface area (Å²) in [7, 11) is 2.69. The summed E-state index contributed by atoms with van der Waals surface area (Å²) in [5.74, 6) is -1.68. The van der Waals surface area contributed by atoms with Crippen LogP contribution in [-0.4, -0.2) is 22.8 Å². The van der Waals surface area contributed by atoms with Crippen molar-refractivity contribution in [3.05, 3.63) is 53.3 Å². The highest BCUT2D eigenvalue weighted by Gasteiger charge is 2.19. The Labute approximate surface area is 169 Å². The van der Waals surface area contributed by atoms with Crippen LogP contribution in [0.5, 0.6) is 0 Å². The molecule has 0 aliphatic heterocycles. The van der Waals surface area contributed by atoms with Crippen LogP contribution in [0.1, 0.15) is 17.5 Å². The van der Waals surface area contributed by atoms with Gasteiger partial charge in [-0.05, 0) is 65.7 Å². The van der Waals surface area contributed by atoms with Crippen molar-refractivity contribution < 1.29 is 14.0 Å². The lowest BCUT2D eigenvalue weighted by molar-refractivity contribution is -0.126. The number of hydrogen-bond acceptors (Lipinski definition) is 3. The van der Waals surface area contributed by atoms with Gasteiger partial charge in [0.25, 0.3) is 5.91 Å². The normalized spacial score (nSPS) is 11.8. The molecule has 8 heteroatoms. The molecule has 1 aromatic heterocycles. The topological polar surface area (TPSA) is 112 Å². The van der Waals surface area contributed by atoms with Crippen LogP contribution in [0.15, 0.2) is 36.4 Å². The van der Waals surface area contributed by atoms with E-state index < -0.39 is 17.9 Å². The third-order valence-corrected chi connectivity index (χ3v) is 5.10. The standard InChI is InChI=1S/C21H20FN4O2P/c1-11-8-15-14(6-7-18(27)25-16(10-23)21(24)28)19(26-20(15)17(29)9-11)12-2-4-13(22)5-3-12/h2-5,8-9,16,26H,6-7,29H2,1H3,(H2,24,28)(H,25,27). The minimum absolute atomic E-state index is 0.0622. The summed E-state index contributed by atoms with van der Waals surface area (Å²) >= 11 is 0. The first-order valence-corrected chi connectivity index (χ1v) is 9.52. The zero-order valence-electron chi connectivity index (χ0n) is 15.8. The molecule has 2 unspecified atom stereocenters. The molecule has 0 saturated carbocycles. The summed E-state index contributed by atoms with van der Waals surface area (Å²) < 4.78 is 13.4. The Hall–Kier alpha value is -3.23. The van der Waals surface area contributed by atoms with Crippen LogP contribution in [-0.2, 0) is 16.0 Å². The number of hydrogen-bond donors (Lipinski definition) is 3. The Morgan fingerprint density at radius 3 is 2.62 bits per heavy atom. The fraction of sp³-hybridized carbons (Fsp3) is 0.190. The number of carbonyl (C=O) groups excluding carboxylic acids is 2. The van der Waals surface area contributed by atoms with Gasteiger partial charge in [0, 0.05) is 17.5 Å². The van der Waals surface area contributed by atoms with Crippen LogP contribution in [0.4, 0.5) is 4.39 Å². The highest BCUT2D eigenvalue weighted by atomic mass is 31.0. The first-order chi connectivity index (χ1) is 13.8. The maximum atomic E-state index is 13.4. The van der Waals surface area contributed by atoms with Crippen LogP contribution >= 0.6 is 9.24 Å². The molecular weight excluding hydrogens is 390 g/mol. The first-order valence-electron chi connectivity index (χ1n) is 8.95. The van der Waals surface area contributed by atoms with E-state index >= 15 is 0 Å². The van der Waals surface area contributed by atoms with Gasteiger partial charge in [-0.3, -0.25) is 9.59 Å². The molecule has 0 aliphatic carbocycles. The number of nitrogens with zero attached hydrogens (tertiary/aromatic N) is 1. The summed E-state index contributed by atoms with van der Waals surface area (Å²) in [6, 6.07) is 10.5. The number of fused-ring (bicyclic) bond motifs is 1. The number of carbonyl (C=O) groups is 2. The molecule has 2 atom stereocenters. The third kappa shape index (κ3) is 4.44. The van der Waals surface area contributed by atoms with Crippen molar-refractivity contribution >= 4 is 37.3 Å². The Morgan fingerprint density at radius 2 is 2.00 bits per heavy atom. The predicted octanol–water partition coefficient (Wildman–Crippen LogP) is 2.21. The van der Waals surface area contributed by atoms with Gasteiger partial charge in [-0.15, -0.1) is 9.24 Å². The maximum absolute atomic E-state index is 13.4. The quantitative estimate of drug-likeness (QED) is 0.542. The fourth-order valence-corrected chi connectivity index (χ4v) is 3.78. The minimum Gasteiger partial charge on any atom is -0.367 e. The van der Waals surface area contributed by atoms with E-state index in [1.807, 2.05) is 19.1 Å². The van der Waals surface area contributed by atoms with E-state index in [-0.39, 0.29) is 12.2 Å². The molecule has 148 valence electrons. The molecule has 0 fully saturated rings. The van der Waals surface area contributed by atoms with Crippen molar-refractivity contribution in [3.63, 3.8) is 0 Å². The van der Waals surface area contributed by atoms with E-state index in [0.29, 0.717) is 6.42 Å². The van der Waals surface area contributed by atoms with Gasteiger partial charge in [0.2, 0.25) is 5.91 Å². The second kappa shape index (κ2) is 8.42. The van der Waals surface area contributed by atoms with E-state index in [1.54, 1.807) is 18.2 Å². The Morgan fingerprint density at radius 1 is 1.31 bits per heavy atom. The number of amides is 2. The van der Waals surface area contributed by atoms with Crippen LogP contribution in [0.25, 0.3) is 22.2 Å². The summed E-state index contributed by atoms with van der Waals surface area (Å²) in [6.07, 6.45) is 0.426. The monoisotopic (exact) mass is 410 g/mol. The number of nitrogens with one attached hydrogen (secondary N) is 2. The Bertz CT molecular complexity index is 1130. The third-order valence-electron chi connectivity index (χ3n) is 4.64. The number of halogens is 1. The molecule has 3 rings (SSSR count). The molecule has 29 heavy (non-hydrogen) atoms. The number of nitrogens with two attached hydrogens (primary N) is 1. The molecule has 1 heterocycles. The number of rotatable bonds is 6. The molecule has 2 aromatic carbocycles. The zero-order chi connectivity index (χ0) is 21.1. The van der Waals surface area contributed by atoms with Crippen molar-refractivity contribution in [2.45, 2.75) is 25.8 Å². The van der Waals surface area contributed by atoms with Crippen LogP contribution in [0.2, 0.25) is 0 Å². The molecule has 6 nitrogen and oxygen atoms in total. The van der Waals surface area contributed by atoms with Gasteiger partial charge in [-0.2, -0.15) is 5.26 Å². The smallest absolute Gasteiger partial charge is 0.254 e. The van der Waals surface area contributed by atoms with E-state index in [9.17, 15) is 14.0 Å². The summed E-state index contributed by atoms with van der Waals surface area (Å²) in [5.41, 5.74) is 9.58. The molecule has 0 spiro atoms. The van der Waals surface area contributed by atoms with Gasteiger partial charge < -0.3 is 16.0 Å². The van der Waals surface area contributed by atoms with Crippen molar-refractivity contribution in [1.29, 1.82) is 5.26 Å². The number of primary amides is 1. The van der Waals surface area contributed by atoms with E-state index in [4.69, 9.17) is 11.0 Å². The van der Waals surface area contributed by atoms with Crippen molar-refractivity contribution in [1.82, 2.24) is 10.3 Å². The molecule has 4 N–H and O–H groups in total. The number of aromatic nitrogens is 1. The summed E-state index contributed by atoms with van der Waals surface area (Å²) in [4.78, 5) is 26.8. The van der Waals surface area contributed by atoms with Gasteiger partial charge in [0.15, 0.2) is 6.04 Å². The largest absolute Gasteiger partial charge is 0.367 e. The van der Waals surface area contributed by atoms with Gasteiger partial charge in [-0.25, -0.2) is 4.39 Å². The van der Waals surface area contributed by atoms with Crippen molar-refractivity contribution in [3.8, 4) is 17.3 Å². The Kier molecular flexibility index (Phi) is 5.95. The predicted molar refractivity (Wildman–Crippen MR) is 113 cm³/mol. The molecule has 0 saturated heterocycles. The van der Waals surface area contributed by atoms with Crippen LogP contribution < -0.4 is 16.4 Å². The molecular formula is C21H20FN4O2P. The average Bonchev–Trinajstić information content (AvgIpc) is 3.03. The van der Waals surface area contributed by atoms with E-state index in [1.165, 1.54) is 12.1 Å². The lowest BCUT2D eigenvalue weighted by atomic mass is 10.00. The molecule has 0 aliphatic rings. The fourth-order valence-electron chi connectivity index (χ4n) is 3.29. The SMILES string of the molecule is Cc1cc(P)c2[nH]c(-c3ccc(F)cc3)c(CCC(=O)NC(C#N)C(N)=O)c2c1. The number of aryl methyl sites for hydroxylation is 2. The van der Waals surface area contributed by atoms with Crippen molar-refractivity contribution in [2.24, 2.45) is 5.73 Å². The van der Waals surface area contributed by atoms with Crippen LogP contribution in [0.3, 0.4) is 0 Å².